The van der Waals surface area contributed by atoms with Gasteiger partial charge in [-0.1, -0.05) is 6.92 Å². The van der Waals surface area contributed by atoms with E-state index in [0.29, 0.717) is 38.4 Å². The molecule has 1 spiro atoms. The SMILES string of the molecule is CCCO[C@@H]1C[C@H]2C(=O)NC3(CCOc4ccc(C(F)(F)F)cc4S(=O)(=O)N2C1)CCN(CC1CC1)CC3. The van der Waals surface area contributed by atoms with Crippen LogP contribution in [-0.4, -0.2) is 80.6 Å². The van der Waals surface area contributed by atoms with Gasteiger partial charge in [-0.15, -0.1) is 0 Å². The molecule has 3 heterocycles. The van der Waals surface area contributed by atoms with Crippen LogP contribution in [0.4, 0.5) is 13.2 Å². The standard InChI is InChI=1S/C26H36F3N3O5S/c1-2-12-36-20-15-21-24(33)30-25(7-10-31(11-8-25)16-18-3-4-18)9-13-37-22-6-5-19(26(27,28)29)14-23(22)38(34,35)32(21)17-20/h5-6,14,18,20-21H,2-4,7-13,15-17H2,1H3,(H,30,33)/t20-,21+/m1/s1. The molecule has 1 saturated carbocycles. The molecule has 8 nitrogen and oxygen atoms in total. The fourth-order valence-corrected chi connectivity index (χ4v) is 7.57. The smallest absolute Gasteiger partial charge is 0.416 e. The van der Waals surface area contributed by atoms with Crippen LogP contribution in [0.15, 0.2) is 23.1 Å². The lowest BCUT2D eigenvalue weighted by Gasteiger charge is -2.43. The van der Waals surface area contributed by atoms with Gasteiger partial charge < -0.3 is 19.7 Å². The number of rotatable bonds is 5. The first-order valence-electron chi connectivity index (χ1n) is 13.5. The Morgan fingerprint density at radius 1 is 1.18 bits per heavy atom. The Morgan fingerprint density at radius 2 is 1.92 bits per heavy atom. The average molecular weight is 560 g/mol. The van der Waals surface area contributed by atoms with Crippen LogP contribution in [0.1, 0.15) is 57.4 Å². The number of sulfonamides is 1. The Hall–Kier alpha value is -1.89. The molecular weight excluding hydrogens is 523 g/mol. The van der Waals surface area contributed by atoms with E-state index in [1.165, 1.54) is 12.8 Å². The molecule has 4 aliphatic rings. The molecule has 3 fully saturated rings. The van der Waals surface area contributed by atoms with Crippen molar-refractivity contribution in [3.63, 3.8) is 0 Å². The number of ether oxygens (including phenoxy) is 2. The summed E-state index contributed by atoms with van der Waals surface area (Å²) in [6.07, 6.45) is -0.0634. The summed E-state index contributed by atoms with van der Waals surface area (Å²) in [7, 11) is -4.51. The third kappa shape index (κ3) is 5.83. The molecule has 2 atom stereocenters. The number of amides is 1. The Kier molecular flexibility index (Phi) is 7.71. The van der Waals surface area contributed by atoms with Crippen molar-refractivity contribution in [3.05, 3.63) is 23.8 Å². The Bertz CT molecular complexity index is 1130. The highest BCUT2D eigenvalue weighted by Crippen LogP contribution is 2.39. The second-order valence-electron chi connectivity index (χ2n) is 11.1. The highest BCUT2D eigenvalue weighted by Gasteiger charge is 2.48. The van der Waals surface area contributed by atoms with Gasteiger partial charge >= 0.3 is 6.18 Å². The molecule has 1 aliphatic carbocycles. The largest absolute Gasteiger partial charge is 0.492 e. The Balaban J connectivity index is 1.48. The van der Waals surface area contributed by atoms with Crippen LogP contribution >= 0.6 is 0 Å². The summed E-state index contributed by atoms with van der Waals surface area (Å²) in [5.74, 6) is 0.192. The van der Waals surface area contributed by atoms with E-state index < -0.39 is 50.3 Å². The lowest BCUT2D eigenvalue weighted by Crippen LogP contribution is -2.59. The maximum absolute atomic E-state index is 13.8. The van der Waals surface area contributed by atoms with Crippen LogP contribution in [0, 0.1) is 5.92 Å². The third-order valence-electron chi connectivity index (χ3n) is 8.19. The van der Waals surface area contributed by atoms with Gasteiger partial charge in [0, 0.05) is 51.2 Å². The highest BCUT2D eigenvalue weighted by molar-refractivity contribution is 7.89. The van der Waals surface area contributed by atoms with Gasteiger partial charge in [0.1, 0.15) is 16.7 Å². The Labute approximate surface area is 221 Å². The maximum Gasteiger partial charge on any atom is 0.416 e. The molecule has 1 aromatic carbocycles. The van der Waals surface area contributed by atoms with Crippen molar-refractivity contribution in [1.82, 2.24) is 14.5 Å². The number of nitrogens with one attached hydrogen (secondary N) is 1. The number of piperidine rings is 1. The zero-order valence-electron chi connectivity index (χ0n) is 21.6. The molecule has 0 unspecified atom stereocenters. The monoisotopic (exact) mass is 559 g/mol. The first kappa shape index (κ1) is 27.7. The van der Waals surface area contributed by atoms with Crippen molar-refractivity contribution in [3.8, 4) is 5.75 Å². The first-order chi connectivity index (χ1) is 18.0. The molecule has 38 heavy (non-hydrogen) atoms. The van der Waals surface area contributed by atoms with Crippen LogP contribution < -0.4 is 10.1 Å². The molecular formula is C26H36F3N3O5S. The van der Waals surface area contributed by atoms with Crippen molar-refractivity contribution in [2.45, 2.75) is 80.6 Å². The van der Waals surface area contributed by atoms with E-state index in [2.05, 4.69) is 10.2 Å². The van der Waals surface area contributed by atoms with Crippen molar-refractivity contribution >= 4 is 15.9 Å². The van der Waals surface area contributed by atoms with Gasteiger partial charge in [-0.05, 0) is 56.2 Å². The average Bonchev–Trinajstić information content (AvgIpc) is 3.57. The predicted molar refractivity (Wildman–Crippen MR) is 133 cm³/mol. The van der Waals surface area contributed by atoms with Gasteiger partial charge in [0.2, 0.25) is 15.9 Å². The quantitative estimate of drug-likeness (QED) is 0.595. The summed E-state index contributed by atoms with van der Waals surface area (Å²) in [5, 5.41) is 3.18. The van der Waals surface area contributed by atoms with Gasteiger partial charge in [0.25, 0.3) is 0 Å². The van der Waals surface area contributed by atoms with Crippen molar-refractivity contribution in [2.75, 3.05) is 39.4 Å². The summed E-state index contributed by atoms with van der Waals surface area (Å²) >= 11 is 0. The minimum atomic E-state index is -4.73. The number of carbonyl (C=O) groups excluding carboxylic acids is 1. The van der Waals surface area contributed by atoms with Gasteiger partial charge in [-0.3, -0.25) is 4.79 Å². The predicted octanol–water partition coefficient (Wildman–Crippen LogP) is 3.41. The first-order valence-corrected chi connectivity index (χ1v) is 15.0. The van der Waals surface area contributed by atoms with Gasteiger partial charge in [-0.2, -0.15) is 17.5 Å². The number of alkyl halides is 3. The number of benzene rings is 1. The maximum atomic E-state index is 13.8. The fraction of sp³-hybridized carbons (Fsp3) is 0.731. The van der Waals surface area contributed by atoms with E-state index in [1.807, 2.05) is 6.92 Å². The number of halogens is 3. The molecule has 1 amide bonds. The minimum Gasteiger partial charge on any atom is -0.492 e. The Morgan fingerprint density at radius 3 is 2.58 bits per heavy atom. The molecule has 5 rings (SSSR count). The van der Waals surface area contributed by atoms with Crippen LogP contribution in [0.3, 0.4) is 0 Å². The van der Waals surface area contributed by atoms with Gasteiger partial charge in [0.05, 0.1) is 18.3 Å². The topological polar surface area (TPSA) is 88.2 Å². The molecule has 2 saturated heterocycles. The van der Waals surface area contributed by atoms with Crippen molar-refractivity contribution < 1.29 is 35.9 Å². The van der Waals surface area contributed by atoms with E-state index in [1.54, 1.807) is 0 Å². The zero-order chi connectivity index (χ0) is 27.1. The number of hydrogen-bond acceptors (Lipinski definition) is 6. The molecule has 0 bridgehead atoms. The van der Waals surface area contributed by atoms with E-state index in [-0.39, 0.29) is 25.3 Å². The van der Waals surface area contributed by atoms with E-state index in [4.69, 9.17) is 9.47 Å². The summed E-state index contributed by atoms with van der Waals surface area (Å²) in [5.41, 5.74) is -1.66. The molecule has 12 heteroatoms. The number of nitrogens with zero attached hydrogens (tertiary/aromatic N) is 2. The molecule has 1 N–H and O–H groups in total. The highest BCUT2D eigenvalue weighted by atomic mass is 32.2. The molecule has 0 radical (unpaired) electrons. The number of fused-ring (bicyclic) bond motifs is 2. The second kappa shape index (κ2) is 10.6. The van der Waals surface area contributed by atoms with Crippen LogP contribution in [0.25, 0.3) is 0 Å². The van der Waals surface area contributed by atoms with Crippen LogP contribution in [-0.2, 0) is 25.7 Å². The molecule has 0 aromatic heterocycles. The van der Waals surface area contributed by atoms with Crippen molar-refractivity contribution in [1.29, 1.82) is 0 Å². The summed E-state index contributed by atoms with van der Waals surface area (Å²) in [4.78, 5) is 15.5. The van der Waals surface area contributed by atoms with E-state index in [9.17, 15) is 26.4 Å². The number of hydrogen-bond donors (Lipinski definition) is 1. The van der Waals surface area contributed by atoms with E-state index >= 15 is 0 Å². The fourth-order valence-electron chi connectivity index (χ4n) is 5.78. The lowest BCUT2D eigenvalue weighted by atomic mass is 9.84. The normalized spacial score (nSPS) is 28.2. The molecule has 212 valence electrons. The lowest BCUT2D eigenvalue weighted by molar-refractivity contribution is -0.137. The number of carbonyl (C=O) groups is 1. The minimum absolute atomic E-state index is 0.0731. The van der Waals surface area contributed by atoms with Crippen LogP contribution in [0.2, 0.25) is 0 Å². The zero-order valence-corrected chi connectivity index (χ0v) is 22.5. The molecule has 1 aromatic rings. The second-order valence-corrected chi connectivity index (χ2v) is 12.9. The summed E-state index contributed by atoms with van der Waals surface area (Å²) in [6, 6.07) is 1.44. The number of likely N-dealkylation sites (tertiary alicyclic amines) is 1. The van der Waals surface area contributed by atoms with Gasteiger partial charge in [0.15, 0.2) is 0 Å². The molecule has 3 aliphatic heterocycles. The summed E-state index contributed by atoms with van der Waals surface area (Å²) < 4.78 is 81.0. The van der Waals surface area contributed by atoms with Gasteiger partial charge in [-0.25, -0.2) is 8.42 Å². The third-order valence-corrected chi connectivity index (χ3v) is 10.1. The van der Waals surface area contributed by atoms with Crippen molar-refractivity contribution in [2.24, 2.45) is 5.92 Å². The summed E-state index contributed by atoms with van der Waals surface area (Å²) in [6.45, 7) is 4.97. The van der Waals surface area contributed by atoms with E-state index in [0.717, 1.165) is 42.0 Å². The van der Waals surface area contributed by atoms with Crippen LogP contribution in [0.5, 0.6) is 5.75 Å².